The summed E-state index contributed by atoms with van der Waals surface area (Å²) in [6.45, 7) is 18.3. The quantitative estimate of drug-likeness (QED) is 0.0882. The minimum Gasteiger partial charge on any atom is -0.482 e. The van der Waals surface area contributed by atoms with E-state index in [1.807, 2.05) is 72.0 Å². The first-order valence-corrected chi connectivity index (χ1v) is 24.8. The van der Waals surface area contributed by atoms with Gasteiger partial charge in [0, 0.05) is 84.6 Å². The molecule has 0 radical (unpaired) electrons. The van der Waals surface area contributed by atoms with Gasteiger partial charge in [-0.15, -0.1) is 0 Å². The number of aliphatic hydroxyl groups is 1. The number of rotatable bonds is 13. The van der Waals surface area contributed by atoms with Crippen LogP contribution in [0.15, 0.2) is 76.4 Å². The lowest BCUT2D eigenvalue weighted by Gasteiger charge is -2.65. The molecule has 4 heterocycles. The molecule has 6 unspecified atom stereocenters. The van der Waals surface area contributed by atoms with E-state index in [1.54, 1.807) is 24.0 Å². The molecule has 4 aliphatic heterocycles. The van der Waals surface area contributed by atoms with Gasteiger partial charge in [0.2, 0.25) is 5.91 Å². The number of nitrogens with zero attached hydrogens (tertiary/aromatic N) is 2. The number of esters is 2. The third-order valence-electron chi connectivity index (χ3n) is 15.6. The molecule has 4 fully saturated rings. The van der Waals surface area contributed by atoms with Crippen LogP contribution in [0.2, 0.25) is 0 Å². The Kier molecular flexibility index (Phi) is 12.8. The molecule has 13 nitrogen and oxygen atoms in total. The van der Waals surface area contributed by atoms with Gasteiger partial charge in [-0.25, -0.2) is 4.79 Å². The molecule has 13 heteroatoms. The van der Waals surface area contributed by atoms with Gasteiger partial charge in [0.05, 0.1) is 24.7 Å². The lowest BCUT2D eigenvalue weighted by atomic mass is 9.43. The number of methoxy groups -OCH3 is 1. The fraction of sp³-hybridized carbons (Fsp3) is 0.491. The van der Waals surface area contributed by atoms with Crippen molar-refractivity contribution in [2.24, 2.45) is 23.7 Å². The molecule has 70 heavy (non-hydrogen) atoms. The van der Waals surface area contributed by atoms with E-state index in [4.69, 9.17) is 23.7 Å². The van der Waals surface area contributed by atoms with Gasteiger partial charge < -0.3 is 38.6 Å². The van der Waals surface area contributed by atoms with Crippen LogP contribution < -0.4 is 14.2 Å². The van der Waals surface area contributed by atoms with Gasteiger partial charge in [-0.2, -0.15) is 0 Å². The number of Topliss-reactive ketones (excluding diaryl/α,β-unsaturated/α-hetero) is 2. The smallest absolute Gasteiger partial charge is 0.333 e. The van der Waals surface area contributed by atoms with Crippen molar-refractivity contribution in [2.75, 3.05) is 40.3 Å². The van der Waals surface area contributed by atoms with Crippen molar-refractivity contribution < 1.29 is 52.8 Å². The highest BCUT2D eigenvalue weighted by molar-refractivity contribution is 6.22. The van der Waals surface area contributed by atoms with E-state index < -0.39 is 52.3 Å². The Morgan fingerprint density at radius 3 is 2.29 bits per heavy atom. The number of allylic oxidation sites excluding steroid dienone is 5. The highest BCUT2D eigenvalue weighted by Crippen LogP contribution is 2.71. The summed E-state index contributed by atoms with van der Waals surface area (Å²) in [6, 6.07) is 7.19. The number of piperazine rings is 1. The number of carbonyl (C=O) groups is 5. The van der Waals surface area contributed by atoms with Crippen molar-refractivity contribution in [3.63, 3.8) is 0 Å². The maximum Gasteiger partial charge on any atom is 0.333 e. The van der Waals surface area contributed by atoms with Gasteiger partial charge in [-0.1, -0.05) is 67.5 Å². The molecular weight excluding hydrogens is 889 g/mol. The Bertz CT molecular complexity index is 2790. The lowest BCUT2D eigenvalue weighted by molar-refractivity contribution is -0.210. The summed E-state index contributed by atoms with van der Waals surface area (Å²) in [6.07, 6.45) is 10.9. The molecule has 1 saturated heterocycles. The molecule has 1 amide bonds. The maximum atomic E-state index is 15.6. The van der Waals surface area contributed by atoms with Gasteiger partial charge in [0.15, 0.2) is 28.5 Å². The van der Waals surface area contributed by atoms with Crippen molar-refractivity contribution in [1.82, 2.24) is 9.80 Å². The fourth-order valence-corrected chi connectivity index (χ4v) is 11.9. The number of hydrogen-bond donors (Lipinski definition) is 1. The summed E-state index contributed by atoms with van der Waals surface area (Å²) in [5.41, 5.74) is 0.464. The highest BCUT2D eigenvalue weighted by Gasteiger charge is 2.77. The Morgan fingerprint density at radius 1 is 0.914 bits per heavy atom. The van der Waals surface area contributed by atoms with E-state index in [1.165, 1.54) is 18.8 Å². The first kappa shape index (κ1) is 49.0. The molecule has 8 aliphatic rings. The predicted molar refractivity (Wildman–Crippen MR) is 265 cm³/mol. The number of ether oxygens (including phenoxy) is 5. The van der Waals surface area contributed by atoms with Crippen molar-refractivity contribution in [2.45, 2.75) is 117 Å². The summed E-state index contributed by atoms with van der Waals surface area (Å²) in [5, 5.41) is 13.7. The fourth-order valence-electron chi connectivity index (χ4n) is 11.9. The van der Waals surface area contributed by atoms with Crippen molar-refractivity contribution in [3.8, 4) is 17.2 Å². The standard InChI is InChI=1S/C57H66N2O11/c1-31(2)14-13-23-55(8)24-22-38-48(69-55)37(18-17-32(3)4)51-45(50(38)67-42(61)20-19-41(60)59-28-26-58(9)27-29-59)52-46-43(44-47(62)35-15-11-12-16-36(35)49(44)68-52)39-30-40(33(5)6)57(46,70-51)56(65,53(39)63)25-21-34(7)54(64)66-10/h11-12,14-17,21-22,24,33,39-40,43,65H,13,18-20,23,25-30H2,1-10H3/b34-21-. The Hall–Kier alpha value is -6.05. The van der Waals surface area contributed by atoms with E-state index in [-0.39, 0.29) is 78.1 Å². The number of amides is 1. The maximum absolute atomic E-state index is 15.6. The average molecular weight is 955 g/mol. The predicted octanol–water partition coefficient (Wildman–Crippen LogP) is 8.78. The molecule has 0 aromatic heterocycles. The largest absolute Gasteiger partial charge is 0.482 e. The number of likely N-dealkylation sites (N-methyl/N-ethyl adjacent to an activating group) is 1. The number of carbonyl (C=O) groups excluding carboxylic acids is 5. The Labute approximate surface area is 410 Å². The number of ketones is 2. The summed E-state index contributed by atoms with van der Waals surface area (Å²) in [5.74, 6) is -3.45. The van der Waals surface area contributed by atoms with Crippen molar-refractivity contribution in [1.29, 1.82) is 0 Å². The third kappa shape index (κ3) is 7.87. The molecule has 4 aliphatic carbocycles. The molecule has 2 aromatic carbocycles. The Morgan fingerprint density at radius 2 is 1.61 bits per heavy atom. The molecule has 370 valence electrons. The van der Waals surface area contributed by atoms with Crippen LogP contribution in [-0.2, 0) is 35.1 Å². The molecule has 10 rings (SSSR count). The van der Waals surface area contributed by atoms with E-state index in [9.17, 15) is 24.3 Å². The van der Waals surface area contributed by atoms with Gasteiger partial charge in [-0.3, -0.25) is 19.2 Å². The average Bonchev–Trinajstić information content (AvgIpc) is 3.61. The van der Waals surface area contributed by atoms with Crippen LogP contribution in [0.3, 0.4) is 0 Å². The second-order valence-electron chi connectivity index (χ2n) is 21.2. The number of hydrogen-bond acceptors (Lipinski definition) is 12. The summed E-state index contributed by atoms with van der Waals surface area (Å²) < 4.78 is 33.8. The second kappa shape index (κ2) is 18.3. The van der Waals surface area contributed by atoms with Crippen molar-refractivity contribution >= 4 is 47.0 Å². The van der Waals surface area contributed by atoms with Crippen LogP contribution in [-0.4, -0.2) is 101 Å². The van der Waals surface area contributed by atoms with Gasteiger partial charge in [-0.05, 0) is 92.3 Å². The summed E-state index contributed by atoms with van der Waals surface area (Å²) in [4.78, 5) is 75.2. The zero-order valence-corrected chi connectivity index (χ0v) is 42.2. The first-order valence-electron chi connectivity index (χ1n) is 24.8. The highest BCUT2D eigenvalue weighted by atomic mass is 16.6. The van der Waals surface area contributed by atoms with Crippen LogP contribution >= 0.6 is 0 Å². The summed E-state index contributed by atoms with van der Waals surface area (Å²) in [7, 11) is 3.28. The van der Waals surface area contributed by atoms with E-state index >= 15 is 4.79 Å². The van der Waals surface area contributed by atoms with Crippen LogP contribution in [0, 0.1) is 23.7 Å². The lowest BCUT2D eigenvalue weighted by Crippen LogP contribution is -2.78. The zero-order valence-electron chi connectivity index (χ0n) is 42.2. The zero-order chi connectivity index (χ0) is 50.2. The minimum atomic E-state index is -2.30. The van der Waals surface area contributed by atoms with E-state index in [0.717, 1.165) is 25.1 Å². The number of fused-ring (bicyclic) bond motifs is 7. The van der Waals surface area contributed by atoms with Crippen molar-refractivity contribution in [3.05, 3.63) is 104 Å². The molecule has 1 spiro atoms. The van der Waals surface area contributed by atoms with Gasteiger partial charge >= 0.3 is 11.9 Å². The van der Waals surface area contributed by atoms with Gasteiger partial charge in [0.25, 0.3) is 0 Å². The van der Waals surface area contributed by atoms with E-state index in [0.29, 0.717) is 64.4 Å². The molecule has 1 N–H and O–H groups in total. The summed E-state index contributed by atoms with van der Waals surface area (Å²) >= 11 is 0. The van der Waals surface area contributed by atoms with Crippen LogP contribution in [0.5, 0.6) is 17.2 Å². The number of benzene rings is 2. The van der Waals surface area contributed by atoms with Crippen LogP contribution in [0.4, 0.5) is 0 Å². The second-order valence-corrected chi connectivity index (χ2v) is 21.2. The normalized spacial score (nSPS) is 27.1. The topological polar surface area (TPSA) is 158 Å². The minimum absolute atomic E-state index is 0.0625. The molecule has 3 saturated carbocycles. The van der Waals surface area contributed by atoms with Gasteiger partial charge in [0.1, 0.15) is 34.2 Å². The third-order valence-corrected chi connectivity index (χ3v) is 15.6. The Balaban J connectivity index is 1.31. The molecule has 2 aromatic rings. The molecular formula is C57H66N2O11. The molecule has 6 atom stereocenters. The SMILES string of the molecule is COC(=O)/C(C)=C\CC1(O)C(=O)C2CC(C(C)C)C13Oc1c(CC=C(C)C)c4c(c(OC(=O)CCC(=O)N5CCN(C)CC5)c1C1=C3C2C2=C(O1)c1ccccc1C2=O)C=CC(C)(CCC=C(C)C)O4. The van der Waals surface area contributed by atoms with Crippen LogP contribution in [0.1, 0.15) is 127 Å². The first-order chi connectivity index (χ1) is 33.2. The monoisotopic (exact) mass is 954 g/mol. The van der Waals surface area contributed by atoms with Crippen LogP contribution in [0.25, 0.3) is 17.6 Å². The molecule has 2 bridgehead atoms. The van der Waals surface area contributed by atoms with E-state index in [2.05, 4.69) is 24.8 Å².